The van der Waals surface area contributed by atoms with Crippen LogP contribution in [0.15, 0.2) is 121 Å². The van der Waals surface area contributed by atoms with Gasteiger partial charge in [0.2, 0.25) is 23.6 Å². The summed E-state index contributed by atoms with van der Waals surface area (Å²) in [5, 5.41) is 17.6. The van der Waals surface area contributed by atoms with Crippen LogP contribution in [0.2, 0.25) is 0 Å². The Morgan fingerprint density at radius 3 is 1.37 bits per heavy atom. The average molecular weight is 1380 g/mol. The van der Waals surface area contributed by atoms with Gasteiger partial charge >= 0.3 is 12.4 Å². The lowest BCUT2D eigenvalue weighted by atomic mass is 9.89. The number of benzene rings is 4. The van der Waals surface area contributed by atoms with E-state index in [0.717, 1.165) is 29.4 Å². The number of Topliss-reactive ketones (excluding diaryl/α,β-unsaturated/α-hetero) is 4. The number of amides is 4. The zero-order chi connectivity index (χ0) is 61.7. The maximum Gasteiger partial charge on any atom is 0.389 e. The van der Waals surface area contributed by atoms with E-state index in [-0.39, 0.29) is 151 Å². The Balaban J connectivity index is -0.00000154. The van der Waals surface area contributed by atoms with E-state index in [9.17, 15) is 64.7 Å². The van der Waals surface area contributed by atoms with E-state index >= 15 is 0 Å². The average Bonchev–Trinajstić information content (AvgIpc) is 2.23. The molecular weight excluding hydrogens is 1300 g/mol. The summed E-state index contributed by atoms with van der Waals surface area (Å²) in [5.74, 6) is -4.75. The molecular formula is C63H88F6N4O11S6. The molecule has 0 spiro atoms. The van der Waals surface area contributed by atoms with Gasteiger partial charge in [0.05, 0.1) is 43.6 Å². The van der Waals surface area contributed by atoms with Crippen LogP contribution in [-0.2, 0) is 64.0 Å². The Labute approximate surface area is 565 Å². The summed E-state index contributed by atoms with van der Waals surface area (Å²) in [6.45, 7) is 3.03. The van der Waals surface area contributed by atoms with Crippen LogP contribution < -0.4 is 30.7 Å². The SMILES string of the molecule is CC(=O)N[C@H]1Cc2cccc(c2)OC/C=C/C[C@@H](C(=O)CCC(F)(F)F)NC(=O)[C@H](CCc2ccccc2)CC1=O.CC(=O)N[C@H]1Cc2cccc(c2)OCCCC[C@@H](C(=O)CCC(F)(F)F)NC(=O)[C@H](CCc2ccccc2)CC1=O.CO.S.S.S.S.S.S. The molecule has 90 heavy (non-hydrogen) atoms. The molecule has 5 N–H and O–H groups in total. The molecule has 504 valence electrons. The van der Waals surface area contributed by atoms with Crippen LogP contribution in [0.3, 0.4) is 0 Å². The number of alkyl halides is 6. The lowest BCUT2D eigenvalue weighted by Crippen LogP contribution is -2.46. The molecule has 6 atom stereocenters. The third kappa shape index (κ3) is 35.3. The minimum Gasteiger partial charge on any atom is -0.494 e. The van der Waals surface area contributed by atoms with Crippen LogP contribution in [0.25, 0.3) is 0 Å². The molecule has 27 heteroatoms. The van der Waals surface area contributed by atoms with Crippen molar-refractivity contribution >= 4 is 128 Å². The monoisotopic (exact) mass is 1380 g/mol. The van der Waals surface area contributed by atoms with Crippen LogP contribution in [0.5, 0.6) is 11.5 Å². The highest BCUT2D eigenvalue weighted by atomic mass is 32.1. The second kappa shape index (κ2) is 46.5. The first-order chi connectivity index (χ1) is 40.0. The van der Waals surface area contributed by atoms with Gasteiger partial charge in [-0.3, -0.25) is 38.4 Å². The minimum atomic E-state index is -4.51. The van der Waals surface area contributed by atoms with E-state index < -0.39 is 109 Å². The van der Waals surface area contributed by atoms with Crippen molar-refractivity contribution < 1.29 is 79.3 Å². The quantitative estimate of drug-likeness (QED) is 0.0590. The molecule has 4 amide bonds. The topological polar surface area (TPSA) is 223 Å². The summed E-state index contributed by atoms with van der Waals surface area (Å²) in [6, 6.07) is 28.8. The first-order valence-corrected chi connectivity index (χ1v) is 28.0. The summed E-state index contributed by atoms with van der Waals surface area (Å²) in [4.78, 5) is 104. The number of aryl methyl sites for hydroxylation is 2. The molecule has 4 aromatic carbocycles. The third-order valence-electron chi connectivity index (χ3n) is 13.9. The van der Waals surface area contributed by atoms with Gasteiger partial charge in [-0.25, -0.2) is 0 Å². The maximum atomic E-state index is 13.5. The fourth-order valence-electron chi connectivity index (χ4n) is 9.50. The smallest absolute Gasteiger partial charge is 0.389 e. The summed E-state index contributed by atoms with van der Waals surface area (Å²) in [7, 11) is 1.00. The van der Waals surface area contributed by atoms with Gasteiger partial charge in [0, 0.05) is 58.5 Å². The van der Waals surface area contributed by atoms with Gasteiger partial charge in [-0.2, -0.15) is 107 Å². The highest BCUT2D eigenvalue weighted by Gasteiger charge is 2.35. The molecule has 15 nitrogen and oxygen atoms in total. The van der Waals surface area contributed by atoms with E-state index in [1.165, 1.54) is 13.8 Å². The third-order valence-corrected chi connectivity index (χ3v) is 13.9. The number of nitrogens with one attached hydrogen (secondary N) is 4. The molecule has 0 radical (unpaired) electrons. The second-order valence-electron chi connectivity index (χ2n) is 20.6. The number of hydrogen-bond acceptors (Lipinski definition) is 11. The predicted octanol–water partition coefficient (Wildman–Crippen LogP) is 9.86. The number of aliphatic hydroxyl groups excluding tert-OH is 1. The van der Waals surface area contributed by atoms with E-state index in [0.29, 0.717) is 43.8 Å². The Kier molecular flexibility index (Phi) is 45.8. The van der Waals surface area contributed by atoms with Crippen molar-refractivity contribution in [2.24, 2.45) is 11.8 Å². The van der Waals surface area contributed by atoms with E-state index in [2.05, 4.69) is 21.3 Å². The van der Waals surface area contributed by atoms with Gasteiger partial charge in [-0.05, 0) is 111 Å². The van der Waals surface area contributed by atoms with Crippen molar-refractivity contribution in [2.75, 3.05) is 20.3 Å². The van der Waals surface area contributed by atoms with Crippen LogP contribution in [0.4, 0.5) is 26.3 Å². The number of rotatable bonds is 14. The molecule has 2 aliphatic heterocycles. The van der Waals surface area contributed by atoms with Crippen molar-refractivity contribution in [1.29, 1.82) is 0 Å². The molecule has 0 saturated heterocycles. The first-order valence-electron chi connectivity index (χ1n) is 28.0. The largest absolute Gasteiger partial charge is 0.494 e. The fourth-order valence-corrected chi connectivity index (χ4v) is 9.50. The predicted molar refractivity (Wildman–Crippen MR) is 365 cm³/mol. The second-order valence-corrected chi connectivity index (χ2v) is 20.6. The van der Waals surface area contributed by atoms with Crippen molar-refractivity contribution in [3.05, 3.63) is 144 Å². The number of hydrogen-bond donors (Lipinski definition) is 5. The van der Waals surface area contributed by atoms with Crippen LogP contribution >= 0.6 is 81.0 Å². The van der Waals surface area contributed by atoms with Crippen LogP contribution in [-0.4, -0.2) is 109 Å². The van der Waals surface area contributed by atoms with Crippen molar-refractivity contribution in [3.8, 4) is 11.5 Å². The number of fused-ring (bicyclic) bond motifs is 4. The van der Waals surface area contributed by atoms with Gasteiger partial charge < -0.3 is 35.8 Å². The van der Waals surface area contributed by atoms with Crippen molar-refractivity contribution in [1.82, 2.24) is 21.3 Å². The number of carbonyl (C=O) groups excluding carboxylic acids is 8. The highest BCUT2D eigenvalue weighted by Crippen LogP contribution is 2.26. The number of carbonyl (C=O) groups is 8. The summed E-state index contributed by atoms with van der Waals surface area (Å²) >= 11 is 0. The molecule has 0 aromatic heterocycles. The van der Waals surface area contributed by atoms with Crippen LogP contribution in [0, 0.1) is 11.8 Å². The normalized spacial score (nSPS) is 19.3. The minimum absolute atomic E-state index is 0. The molecule has 0 aliphatic carbocycles. The van der Waals surface area contributed by atoms with E-state index in [1.54, 1.807) is 48.6 Å². The summed E-state index contributed by atoms with van der Waals surface area (Å²) in [6.07, 6.45) is -7.36. The van der Waals surface area contributed by atoms with Gasteiger partial charge in [-0.1, -0.05) is 97.1 Å². The zero-order valence-electron chi connectivity index (χ0n) is 50.5. The lowest BCUT2D eigenvalue weighted by Gasteiger charge is -2.24. The molecule has 6 rings (SSSR count). The van der Waals surface area contributed by atoms with Crippen molar-refractivity contribution in [3.63, 3.8) is 0 Å². The van der Waals surface area contributed by atoms with Gasteiger partial charge in [0.15, 0.2) is 23.1 Å². The first kappa shape index (κ1) is 88.6. The molecule has 2 heterocycles. The zero-order valence-corrected chi connectivity index (χ0v) is 56.5. The Bertz CT molecular complexity index is 2820. The van der Waals surface area contributed by atoms with Gasteiger partial charge in [0.1, 0.15) is 18.1 Å². The molecule has 0 unspecified atom stereocenters. The number of aliphatic hydroxyl groups is 1. The maximum absolute atomic E-state index is 13.5. The molecule has 0 fully saturated rings. The lowest BCUT2D eigenvalue weighted by molar-refractivity contribution is -0.145. The van der Waals surface area contributed by atoms with Crippen LogP contribution in [0.1, 0.15) is 113 Å². The number of halogens is 6. The summed E-state index contributed by atoms with van der Waals surface area (Å²) < 4.78 is 88.5. The van der Waals surface area contributed by atoms with Gasteiger partial charge in [0.25, 0.3) is 0 Å². The Morgan fingerprint density at radius 1 is 0.533 bits per heavy atom. The highest BCUT2D eigenvalue weighted by molar-refractivity contribution is 7.60. The molecule has 2 aliphatic rings. The summed E-state index contributed by atoms with van der Waals surface area (Å²) in [5.41, 5.74) is 3.43. The van der Waals surface area contributed by atoms with Gasteiger partial charge in [-0.15, -0.1) is 0 Å². The standard InChI is InChI=1S/C31H37F3N2O5.C31H35F3N2O5.CH4O.6H2S/c2*1-21(37)35-27-19-23-10-7-11-25(18-23)41-17-6-5-12-26(28(38)15-16-31(32,33)34)36-30(40)24(20-29(27)39)14-13-22-8-3-2-4-9-22;1-2;;;;;;/h2-4,7-11,18,24,26-27H,5-6,12-17,19-20H2,1H3,(H,35,37)(H,36,40);2-11,18,24,26-27H,12-17,19-20H2,1H3,(H,35,37)(H,36,40);2H,1H3;6*1H2/b;6-5+;;;;;;;/t2*24-,26+,27+;;;;;;;/m11......./s1. The molecule has 4 bridgehead atoms. The van der Waals surface area contributed by atoms with E-state index in [4.69, 9.17) is 14.6 Å². The van der Waals surface area contributed by atoms with Crippen molar-refractivity contribution in [2.45, 2.75) is 153 Å². The van der Waals surface area contributed by atoms with E-state index in [1.807, 2.05) is 72.8 Å². The molecule has 4 aromatic rings. The number of ketones is 4. The fraction of sp³-hybridized carbons (Fsp3) is 0.460. The number of ether oxygens (including phenoxy) is 2. The Hall–Kier alpha value is -5.58. The Morgan fingerprint density at radius 2 is 0.944 bits per heavy atom. The molecule has 0 saturated carbocycles.